The van der Waals surface area contributed by atoms with Crippen LogP contribution in [0.1, 0.15) is 64.8 Å². The predicted molar refractivity (Wildman–Crippen MR) is 133 cm³/mol. The van der Waals surface area contributed by atoms with Gasteiger partial charge in [0.25, 0.3) is 0 Å². The van der Waals surface area contributed by atoms with E-state index in [0.29, 0.717) is 11.7 Å². The highest BCUT2D eigenvalue weighted by Gasteiger charge is 2.39. The summed E-state index contributed by atoms with van der Waals surface area (Å²) in [6, 6.07) is 5.99. The molecule has 31 heavy (non-hydrogen) atoms. The highest BCUT2D eigenvalue weighted by molar-refractivity contribution is 9.10. The first kappa shape index (κ1) is 23.5. The first-order chi connectivity index (χ1) is 14.7. The number of benzene rings is 1. The summed E-state index contributed by atoms with van der Waals surface area (Å²) in [5.74, 6) is 2.79. The maximum Gasteiger partial charge on any atom is 0.249 e. The number of halogens is 1. The Morgan fingerprint density at radius 3 is 2.52 bits per heavy atom. The van der Waals surface area contributed by atoms with E-state index >= 15 is 0 Å². The molecule has 1 aromatic carbocycles. The van der Waals surface area contributed by atoms with Crippen molar-refractivity contribution in [2.75, 3.05) is 34.8 Å². The third-order valence-corrected chi connectivity index (χ3v) is 6.59. The van der Waals surface area contributed by atoms with Gasteiger partial charge in [0.05, 0.1) is 5.69 Å². The van der Waals surface area contributed by atoms with Gasteiger partial charge in [0.15, 0.2) is 11.6 Å². The second-order valence-corrected chi connectivity index (χ2v) is 9.36. The lowest BCUT2D eigenvalue weighted by molar-refractivity contribution is -0.119. The average Bonchev–Trinajstić information content (AvgIpc) is 2.73. The van der Waals surface area contributed by atoms with Crippen LogP contribution in [0.15, 0.2) is 22.7 Å². The maximum atomic E-state index is 13.3. The van der Waals surface area contributed by atoms with Crippen molar-refractivity contribution in [3.63, 3.8) is 0 Å². The number of anilines is 4. The molecule has 6 nitrogen and oxygen atoms in total. The van der Waals surface area contributed by atoms with Crippen molar-refractivity contribution in [3.8, 4) is 0 Å². The van der Waals surface area contributed by atoms with Gasteiger partial charge in [-0.15, -0.1) is 0 Å². The number of nitrogens with zero attached hydrogens (tertiary/aromatic N) is 5. The number of carbonyl (C=O) groups is 1. The molecule has 2 aromatic rings. The van der Waals surface area contributed by atoms with Gasteiger partial charge in [0.1, 0.15) is 17.6 Å². The average molecular weight is 488 g/mol. The van der Waals surface area contributed by atoms with E-state index in [1.807, 2.05) is 20.9 Å². The van der Waals surface area contributed by atoms with Gasteiger partial charge in [-0.25, -0.2) is 9.97 Å². The lowest BCUT2D eigenvalue weighted by Crippen LogP contribution is -2.50. The number of fused-ring (bicyclic) bond motifs is 1. The van der Waals surface area contributed by atoms with Gasteiger partial charge in [-0.2, -0.15) is 0 Å². The fraction of sp³-hybridized carbons (Fsp3) is 0.542. The lowest BCUT2D eigenvalue weighted by atomic mass is 10.0. The summed E-state index contributed by atoms with van der Waals surface area (Å²) < 4.78 is 0.963. The number of likely N-dealkylation sites (N-methyl/N-ethyl adjacent to an activating group) is 1. The fourth-order valence-corrected chi connectivity index (χ4v) is 4.66. The normalized spacial score (nSPS) is 16.2. The first-order valence-corrected chi connectivity index (χ1v) is 12.0. The van der Waals surface area contributed by atoms with E-state index < -0.39 is 0 Å². The molecule has 1 aromatic heterocycles. The molecule has 168 valence electrons. The van der Waals surface area contributed by atoms with Gasteiger partial charge >= 0.3 is 0 Å². The molecule has 0 radical (unpaired) electrons. The molecule has 0 saturated carbocycles. The molecular formula is C24H34BrN5O. The standard InChI is InChI=1S/C24H34BrN5O/c1-8-10-13-29(9-2)22-21-23(27-17(6)26-22)30(16(5)24(31)28(21)7)20-12-11-18(15(3)4)14-19(20)25/h11-12,14-16H,8-10,13H2,1-7H3. The number of unbranched alkanes of at least 4 members (excludes halogenated alkanes) is 1. The van der Waals surface area contributed by atoms with E-state index in [9.17, 15) is 4.79 Å². The number of aromatic nitrogens is 2. The van der Waals surface area contributed by atoms with Crippen LogP contribution >= 0.6 is 15.9 Å². The van der Waals surface area contributed by atoms with Gasteiger partial charge in [-0.1, -0.05) is 33.3 Å². The number of rotatable bonds is 7. The maximum absolute atomic E-state index is 13.3. The van der Waals surface area contributed by atoms with Crippen LogP contribution in [0.4, 0.5) is 23.0 Å². The third kappa shape index (κ3) is 4.43. The Hall–Kier alpha value is -2.15. The number of amides is 1. The van der Waals surface area contributed by atoms with Gasteiger partial charge in [0.2, 0.25) is 5.91 Å². The van der Waals surface area contributed by atoms with Crippen LogP contribution in [0.3, 0.4) is 0 Å². The highest BCUT2D eigenvalue weighted by Crippen LogP contribution is 2.45. The summed E-state index contributed by atoms with van der Waals surface area (Å²) in [5, 5.41) is 0. The van der Waals surface area contributed by atoms with Crippen LogP contribution in [0.25, 0.3) is 0 Å². The molecule has 0 aliphatic carbocycles. The monoisotopic (exact) mass is 487 g/mol. The Morgan fingerprint density at radius 1 is 1.23 bits per heavy atom. The van der Waals surface area contributed by atoms with Crippen molar-refractivity contribution in [2.24, 2.45) is 0 Å². The number of carbonyl (C=O) groups excluding carboxylic acids is 1. The van der Waals surface area contributed by atoms with E-state index in [1.54, 1.807) is 4.90 Å². The third-order valence-electron chi connectivity index (χ3n) is 5.96. The second-order valence-electron chi connectivity index (χ2n) is 8.51. The predicted octanol–water partition coefficient (Wildman–Crippen LogP) is 5.80. The summed E-state index contributed by atoms with van der Waals surface area (Å²) in [5.41, 5.74) is 2.98. The quantitative estimate of drug-likeness (QED) is 0.493. The Kier molecular flexibility index (Phi) is 7.24. The van der Waals surface area contributed by atoms with E-state index in [2.05, 4.69) is 71.6 Å². The zero-order chi connectivity index (χ0) is 22.9. The van der Waals surface area contributed by atoms with Crippen LogP contribution in [-0.4, -0.2) is 42.1 Å². The number of aryl methyl sites for hydroxylation is 1. The summed E-state index contributed by atoms with van der Waals surface area (Å²) in [7, 11) is 1.84. The van der Waals surface area contributed by atoms with Crippen LogP contribution in [0, 0.1) is 6.92 Å². The van der Waals surface area contributed by atoms with Crippen LogP contribution in [0.2, 0.25) is 0 Å². The Balaban J connectivity index is 2.22. The lowest BCUT2D eigenvalue weighted by Gasteiger charge is -2.41. The molecule has 7 heteroatoms. The minimum absolute atomic E-state index is 0.0348. The zero-order valence-corrected chi connectivity index (χ0v) is 21.3. The molecule has 1 atom stereocenters. The van der Waals surface area contributed by atoms with Crippen LogP contribution in [-0.2, 0) is 4.79 Å². The molecule has 3 rings (SSSR count). The van der Waals surface area contributed by atoms with Crippen LogP contribution < -0.4 is 14.7 Å². The van der Waals surface area contributed by atoms with E-state index in [0.717, 1.165) is 53.4 Å². The Labute approximate surface area is 194 Å². The SMILES string of the molecule is CCCCN(CC)c1nc(C)nc2c1N(C)C(=O)C(C)N2c1ccc(C(C)C)cc1Br. The first-order valence-electron chi connectivity index (χ1n) is 11.2. The summed E-state index contributed by atoms with van der Waals surface area (Å²) in [6.45, 7) is 14.3. The molecule has 0 spiro atoms. The van der Waals surface area contributed by atoms with E-state index in [-0.39, 0.29) is 11.9 Å². The van der Waals surface area contributed by atoms with Crippen molar-refractivity contribution in [1.82, 2.24) is 9.97 Å². The summed E-state index contributed by atoms with van der Waals surface area (Å²) >= 11 is 3.76. The Bertz CT molecular complexity index is 961. The van der Waals surface area contributed by atoms with Crippen molar-refractivity contribution in [3.05, 3.63) is 34.1 Å². The summed E-state index contributed by atoms with van der Waals surface area (Å²) in [6.07, 6.45) is 2.18. The molecule has 1 aliphatic rings. The van der Waals surface area contributed by atoms with Crippen molar-refractivity contribution >= 4 is 44.8 Å². The second kappa shape index (κ2) is 9.55. The topological polar surface area (TPSA) is 52.6 Å². The van der Waals surface area contributed by atoms with Crippen molar-refractivity contribution < 1.29 is 4.79 Å². The highest BCUT2D eigenvalue weighted by atomic mass is 79.9. The smallest absolute Gasteiger partial charge is 0.249 e. The minimum Gasteiger partial charge on any atom is -0.355 e. The molecule has 2 heterocycles. The van der Waals surface area contributed by atoms with Crippen molar-refractivity contribution in [2.45, 2.75) is 66.3 Å². The molecule has 1 amide bonds. The van der Waals surface area contributed by atoms with Gasteiger partial charge in [-0.05, 0) is 66.7 Å². The zero-order valence-electron chi connectivity index (χ0n) is 19.7. The molecule has 1 aliphatic heterocycles. The van der Waals surface area contributed by atoms with Gasteiger partial charge in [-0.3, -0.25) is 4.79 Å². The van der Waals surface area contributed by atoms with E-state index in [1.165, 1.54) is 5.56 Å². The van der Waals surface area contributed by atoms with Gasteiger partial charge in [0, 0.05) is 24.6 Å². The molecular weight excluding hydrogens is 454 g/mol. The molecule has 0 fully saturated rings. The molecule has 1 unspecified atom stereocenters. The summed E-state index contributed by atoms with van der Waals surface area (Å²) in [4.78, 5) is 29.0. The van der Waals surface area contributed by atoms with Crippen molar-refractivity contribution in [1.29, 1.82) is 0 Å². The van der Waals surface area contributed by atoms with Crippen LogP contribution in [0.5, 0.6) is 0 Å². The molecule has 0 N–H and O–H groups in total. The van der Waals surface area contributed by atoms with Gasteiger partial charge < -0.3 is 14.7 Å². The van der Waals surface area contributed by atoms with E-state index in [4.69, 9.17) is 9.97 Å². The molecule has 0 bridgehead atoms. The Morgan fingerprint density at radius 2 is 1.94 bits per heavy atom. The molecule has 0 saturated heterocycles. The fourth-order valence-electron chi connectivity index (χ4n) is 4.07. The largest absolute Gasteiger partial charge is 0.355 e. The number of hydrogen-bond acceptors (Lipinski definition) is 5. The minimum atomic E-state index is -0.369. The number of hydrogen-bond donors (Lipinski definition) is 0.